The zero-order valence-electron chi connectivity index (χ0n) is 9.72. The molecule has 100 valence electrons. The van der Waals surface area contributed by atoms with Crippen LogP contribution in [0.3, 0.4) is 0 Å². The van der Waals surface area contributed by atoms with Crippen molar-refractivity contribution in [3.63, 3.8) is 0 Å². The molecule has 1 fully saturated rings. The molecule has 0 unspecified atom stereocenters. The molecule has 1 N–H and O–H groups in total. The topological polar surface area (TPSA) is 12.0 Å². The number of anilines is 1. The molecule has 1 saturated carbocycles. The lowest BCUT2D eigenvalue weighted by atomic mass is 10.00. The molecule has 0 aromatic heterocycles. The standard InChI is InChI=1S/C12H12F5N/c1-12(4-2-3-5-12)18-11-9(16)7(14)6(13)8(15)10(11)17/h18H,2-5H2,1H3. The Morgan fingerprint density at radius 2 is 1.17 bits per heavy atom. The third-order valence-electron chi connectivity index (χ3n) is 3.34. The molecule has 0 radical (unpaired) electrons. The Hall–Kier alpha value is -1.33. The summed E-state index contributed by atoms with van der Waals surface area (Å²) < 4.78 is 65.7. The van der Waals surface area contributed by atoms with Gasteiger partial charge in [-0.05, 0) is 19.8 Å². The molecule has 0 spiro atoms. The van der Waals surface area contributed by atoms with E-state index in [1.54, 1.807) is 6.92 Å². The van der Waals surface area contributed by atoms with Crippen LogP contribution in [0.2, 0.25) is 0 Å². The third-order valence-corrected chi connectivity index (χ3v) is 3.34. The van der Waals surface area contributed by atoms with Crippen molar-refractivity contribution in [3.8, 4) is 0 Å². The monoisotopic (exact) mass is 265 g/mol. The highest BCUT2D eigenvalue weighted by molar-refractivity contribution is 5.49. The molecule has 1 nitrogen and oxygen atoms in total. The van der Waals surface area contributed by atoms with Crippen molar-refractivity contribution in [3.05, 3.63) is 29.1 Å². The molecule has 2 rings (SSSR count). The highest BCUT2D eigenvalue weighted by Gasteiger charge is 2.33. The molecular formula is C12H12F5N. The Balaban J connectivity index is 2.45. The Kier molecular flexibility index (Phi) is 3.21. The SMILES string of the molecule is CC1(Nc2c(F)c(F)c(F)c(F)c2F)CCCC1. The van der Waals surface area contributed by atoms with Gasteiger partial charge in [-0.25, -0.2) is 22.0 Å². The molecule has 0 heterocycles. The fourth-order valence-electron chi connectivity index (χ4n) is 2.30. The van der Waals surface area contributed by atoms with E-state index in [-0.39, 0.29) is 0 Å². The van der Waals surface area contributed by atoms with Crippen LogP contribution in [0.4, 0.5) is 27.6 Å². The molecule has 6 heteroatoms. The van der Waals surface area contributed by atoms with E-state index in [1.807, 2.05) is 0 Å². The number of halogens is 5. The van der Waals surface area contributed by atoms with Gasteiger partial charge in [-0.2, -0.15) is 0 Å². The first-order valence-corrected chi connectivity index (χ1v) is 5.65. The summed E-state index contributed by atoms with van der Waals surface area (Å²) in [5.74, 6) is -9.58. The molecule has 0 atom stereocenters. The average Bonchev–Trinajstić information content (AvgIpc) is 2.77. The van der Waals surface area contributed by atoms with E-state index in [0.29, 0.717) is 12.8 Å². The molecule has 1 aromatic rings. The van der Waals surface area contributed by atoms with Gasteiger partial charge in [0.1, 0.15) is 5.69 Å². The molecule has 1 aliphatic rings. The summed E-state index contributed by atoms with van der Waals surface area (Å²) in [5.41, 5.74) is -1.56. The molecule has 1 aromatic carbocycles. The highest BCUT2D eigenvalue weighted by atomic mass is 19.2. The van der Waals surface area contributed by atoms with E-state index in [0.717, 1.165) is 12.8 Å². The van der Waals surface area contributed by atoms with Gasteiger partial charge in [0.15, 0.2) is 23.3 Å². The van der Waals surface area contributed by atoms with Gasteiger partial charge in [-0.1, -0.05) is 12.8 Å². The average molecular weight is 265 g/mol. The van der Waals surface area contributed by atoms with Crippen LogP contribution < -0.4 is 5.32 Å². The van der Waals surface area contributed by atoms with E-state index in [1.165, 1.54) is 0 Å². The molecule has 0 aliphatic heterocycles. The van der Waals surface area contributed by atoms with Crippen molar-refractivity contribution in [2.45, 2.75) is 38.1 Å². The van der Waals surface area contributed by atoms with Crippen LogP contribution in [-0.4, -0.2) is 5.54 Å². The lowest BCUT2D eigenvalue weighted by Crippen LogP contribution is -2.32. The number of hydrogen-bond donors (Lipinski definition) is 1. The summed E-state index contributed by atoms with van der Waals surface area (Å²) in [7, 11) is 0. The van der Waals surface area contributed by atoms with Gasteiger partial charge in [0.05, 0.1) is 0 Å². The van der Waals surface area contributed by atoms with Crippen LogP contribution in [0.15, 0.2) is 0 Å². The zero-order chi connectivity index (χ0) is 13.5. The molecule has 18 heavy (non-hydrogen) atoms. The van der Waals surface area contributed by atoms with Gasteiger partial charge in [0.25, 0.3) is 0 Å². The van der Waals surface area contributed by atoms with Gasteiger partial charge in [-0.3, -0.25) is 0 Å². The quantitative estimate of drug-likeness (QED) is 0.481. The summed E-state index contributed by atoms with van der Waals surface area (Å²) in [6.45, 7) is 1.71. The van der Waals surface area contributed by atoms with Crippen LogP contribution in [0.5, 0.6) is 0 Å². The zero-order valence-corrected chi connectivity index (χ0v) is 9.72. The lowest BCUT2D eigenvalue weighted by Gasteiger charge is -2.27. The van der Waals surface area contributed by atoms with E-state index in [4.69, 9.17) is 0 Å². The van der Waals surface area contributed by atoms with Crippen LogP contribution in [0.25, 0.3) is 0 Å². The minimum atomic E-state index is -2.13. The normalized spacial score (nSPS) is 18.1. The van der Waals surface area contributed by atoms with Crippen molar-refractivity contribution < 1.29 is 22.0 Å². The van der Waals surface area contributed by atoms with E-state index in [9.17, 15) is 22.0 Å². The number of nitrogens with one attached hydrogen (secondary N) is 1. The summed E-state index contributed by atoms with van der Waals surface area (Å²) >= 11 is 0. The maximum atomic E-state index is 13.4. The summed E-state index contributed by atoms with van der Waals surface area (Å²) in [6, 6.07) is 0. The first kappa shape index (κ1) is 13.1. The van der Waals surface area contributed by atoms with Crippen LogP contribution in [0, 0.1) is 29.1 Å². The summed E-state index contributed by atoms with van der Waals surface area (Å²) in [6.07, 6.45) is 2.98. The Labute approximate surface area is 101 Å². The van der Waals surface area contributed by atoms with E-state index >= 15 is 0 Å². The Bertz CT molecular complexity index is 451. The van der Waals surface area contributed by atoms with Gasteiger partial charge in [0.2, 0.25) is 5.82 Å². The molecular weight excluding hydrogens is 253 g/mol. The van der Waals surface area contributed by atoms with Crippen LogP contribution in [0.1, 0.15) is 32.6 Å². The third kappa shape index (κ3) is 2.04. The van der Waals surface area contributed by atoms with Crippen molar-refractivity contribution in [2.75, 3.05) is 5.32 Å². The van der Waals surface area contributed by atoms with Crippen molar-refractivity contribution in [1.29, 1.82) is 0 Å². The fraction of sp³-hybridized carbons (Fsp3) is 0.500. The molecule has 0 amide bonds. The highest BCUT2D eigenvalue weighted by Crippen LogP contribution is 2.36. The molecule has 0 bridgehead atoms. The minimum absolute atomic E-state index is 0.627. The second kappa shape index (κ2) is 4.40. The van der Waals surface area contributed by atoms with Gasteiger partial charge in [-0.15, -0.1) is 0 Å². The van der Waals surface area contributed by atoms with Gasteiger partial charge >= 0.3 is 0 Å². The predicted molar refractivity (Wildman–Crippen MR) is 56.7 cm³/mol. The second-order valence-corrected chi connectivity index (χ2v) is 4.84. The Morgan fingerprint density at radius 3 is 1.61 bits per heavy atom. The minimum Gasteiger partial charge on any atom is -0.375 e. The maximum absolute atomic E-state index is 13.4. The number of benzene rings is 1. The number of hydrogen-bond acceptors (Lipinski definition) is 1. The van der Waals surface area contributed by atoms with Crippen molar-refractivity contribution in [2.24, 2.45) is 0 Å². The lowest BCUT2D eigenvalue weighted by molar-refractivity contribution is 0.378. The summed E-state index contributed by atoms with van der Waals surface area (Å²) in [5, 5.41) is 2.47. The largest absolute Gasteiger partial charge is 0.375 e. The Morgan fingerprint density at radius 1 is 0.778 bits per heavy atom. The second-order valence-electron chi connectivity index (χ2n) is 4.84. The van der Waals surface area contributed by atoms with Gasteiger partial charge < -0.3 is 5.32 Å². The van der Waals surface area contributed by atoms with Gasteiger partial charge in [0, 0.05) is 5.54 Å². The first-order chi connectivity index (χ1) is 8.36. The van der Waals surface area contributed by atoms with E-state index < -0.39 is 40.3 Å². The first-order valence-electron chi connectivity index (χ1n) is 5.65. The fourth-order valence-corrected chi connectivity index (χ4v) is 2.30. The van der Waals surface area contributed by atoms with Crippen molar-refractivity contribution in [1.82, 2.24) is 0 Å². The number of rotatable bonds is 2. The van der Waals surface area contributed by atoms with Crippen molar-refractivity contribution >= 4 is 5.69 Å². The summed E-state index contributed by atoms with van der Waals surface area (Å²) in [4.78, 5) is 0. The van der Waals surface area contributed by atoms with E-state index in [2.05, 4.69) is 5.32 Å². The molecule has 1 aliphatic carbocycles. The van der Waals surface area contributed by atoms with Crippen LogP contribution >= 0.6 is 0 Å². The maximum Gasteiger partial charge on any atom is 0.200 e. The predicted octanol–water partition coefficient (Wildman–Crippen LogP) is 4.13. The molecule has 0 saturated heterocycles. The smallest absolute Gasteiger partial charge is 0.200 e. The van der Waals surface area contributed by atoms with Crippen LogP contribution in [-0.2, 0) is 0 Å².